The molecule has 5 aliphatic rings. The third-order valence-electron chi connectivity index (χ3n) is 6.19. The van der Waals surface area contributed by atoms with E-state index in [1.54, 1.807) is 0 Å². The van der Waals surface area contributed by atoms with Crippen LogP contribution in [-0.4, -0.2) is 4.98 Å². The third-order valence-corrected chi connectivity index (χ3v) is 7.72. The van der Waals surface area contributed by atoms with E-state index in [0.29, 0.717) is 11.5 Å². The van der Waals surface area contributed by atoms with Crippen molar-refractivity contribution >= 4 is 11.3 Å². The van der Waals surface area contributed by atoms with Crippen molar-refractivity contribution in [3.05, 3.63) is 15.6 Å². The van der Waals surface area contributed by atoms with E-state index in [9.17, 15) is 0 Å². The van der Waals surface area contributed by atoms with Crippen molar-refractivity contribution in [3.8, 4) is 0 Å². The van der Waals surface area contributed by atoms with E-state index in [-0.39, 0.29) is 0 Å². The van der Waals surface area contributed by atoms with Crippen LogP contribution in [0.2, 0.25) is 0 Å². The van der Waals surface area contributed by atoms with Gasteiger partial charge in [0.2, 0.25) is 0 Å². The summed E-state index contributed by atoms with van der Waals surface area (Å²) in [6.45, 7) is 3.28. The zero-order valence-corrected chi connectivity index (χ0v) is 12.4. The van der Waals surface area contributed by atoms with Gasteiger partial charge < -0.3 is 5.32 Å². The van der Waals surface area contributed by atoms with Crippen LogP contribution in [0.3, 0.4) is 0 Å². The van der Waals surface area contributed by atoms with Crippen molar-refractivity contribution in [3.63, 3.8) is 0 Å². The van der Waals surface area contributed by atoms with E-state index in [1.807, 2.05) is 11.3 Å². The second kappa shape index (κ2) is 3.62. The number of hydrogen-bond donors (Lipinski definition) is 1. The van der Waals surface area contributed by atoms with Crippen molar-refractivity contribution in [1.82, 2.24) is 10.3 Å². The van der Waals surface area contributed by atoms with Crippen LogP contribution < -0.4 is 5.32 Å². The summed E-state index contributed by atoms with van der Waals surface area (Å²) in [7, 11) is 0. The molecule has 0 saturated heterocycles. The quantitative estimate of drug-likeness (QED) is 0.843. The molecule has 19 heavy (non-hydrogen) atoms. The molecule has 102 valence electrons. The predicted molar refractivity (Wildman–Crippen MR) is 77.2 cm³/mol. The molecule has 4 fully saturated rings. The minimum Gasteiger partial charge on any atom is -0.304 e. The van der Waals surface area contributed by atoms with Gasteiger partial charge in [-0.05, 0) is 63.2 Å². The minimum atomic E-state index is 0.503. The number of nitrogens with zero attached hydrogens (tertiary/aromatic N) is 1. The fourth-order valence-electron chi connectivity index (χ4n) is 5.77. The molecule has 1 aromatic rings. The van der Waals surface area contributed by atoms with Crippen LogP contribution in [0.1, 0.15) is 67.1 Å². The first kappa shape index (κ1) is 11.3. The highest BCUT2D eigenvalue weighted by Gasteiger charge is 2.53. The zero-order chi connectivity index (χ0) is 12.6. The summed E-state index contributed by atoms with van der Waals surface area (Å²) in [4.78, 5) is 6.62. The lowest BCUT2D eigenvalue weighted by Gasteiger charge is -2.56. The molecule has 6 rings (SSSR count). The zero-order valence-electron chi connectivity index (χ0n) is 11.6. The van der Waals surface area contributed by atoms with Crippen LogP contribution in [-0.2, 0) is 12.0 Å². The Bertz CT molecular complexity index is 498. The Morgan fingerprint density at radius 3 is 2.32 bits per heavy atom. The lowest BCUT2D eigenvalue weighted by molar-refractivity contribution is -0.00534. The molecule has 3 heteroatoms. The Balaban J connectivity index is 1.57. The molecule has 0 aromatic carbocycles. The molecule has 1 aliphatic heterocycles. The van der Waals surface area contributed by atoms with Crippen molar-refractivity contribution in [1.29, 1.82) is 0 Å². The molecular formula is C16H22N2S. The summed E-state index contributed by atoms with van der Waals surface area (Å²) in [5.74, 6) is 3.08. The average molecular weight is 274 g/mol. The van der Waals surface area contributed by atoms with Gasteiger partial charge in [0.1, 0.15) is 0 Å². The summed E-state index contributed by atoms with van der Waals surface area (Å²) in [6.07, 6.45) is 8.94. The van der Waals surface area contributed by atoms with E-state index >= 15 is 0 Å². The van der Waals surface area contributed by atoms with E-state index in [1.165, 1.54) is 54.1 Å². The van der Waals surface area contributed by atoms with Crippen LogP contribution >= 0.6 is 11.3 Å². The van der Waals surface area contributed by atoms with Crippen molar-refractivity contribution in [2.45, 2.75) is 63.5 Å². The van der Waals surface area contributed by atoms with Crippen LogP contribution in [0.15, 0.2) is 0 Å². The molecule has 1 unspecified atom stereocenters. The predicted octanol–water partition coefficient (Wildman–Crippen LogP) is 3.78. The standard InChI is InChI=1S/C16H22N2S/c1-9-14-13(8-17-9)18-15(19-14)16-5-10-2-11(6-16)4-12(3-10)7-16/h9-12,17H,2-8H2,1H3. The van der Waals surface area contributed by atoms with Gasteiger partial charge in [-0.15, -0.1) is 11.3 Å². The molecule has 0 radical (unpaired) electrons. The number of aromatic nitrogens is 1. The van der Waals surface area contributed by atoms with Gasteiger partial charge in [0.15, 0.2) is 0 Å². The smallest absolute Gasteiger partial charge is 0.0994 e. The topological polar surface area (TPSA) is 24.9 Å². The van der Waals surface area contributed by atoms with Crippen molar-refractivity contribution in [2.24, 2.45) is 17.8 Å². The number of thiazole rings is 1. The second-order valence-electron chi connectivity index (χ2n) is 7.63. The summed E-state index contributed by atoms with van der Waals surface area (Å²) in [6, 6.07) is 0.537. The summed E-state index contributed by atoms with van der Waals surface area (Å²) in [5, 5.41) is 5.03. The molecular weight excluding hydrogens is 252 g/mol. The van der Waals surface area contributed by atoms with Gasteiger partial charge in [-0.1, -0.05) is 0 Å². The Morgan fingerprint density at radius 1 is 1.11 bits per heavy atom. The van der Waals surface area contributed by atoms with E-state index < -0.39 is 0 Å². The number of hydrogen-bond acceptors (Lipinski definition) is 3. The monoisotopic (exact) mass is 274 g/mol. The first-order valence-corrected chi connectivity index (χ1v) is 8.77. The minimum absolute atomic E-state index is 0.503. The highest BCUT2D eigenvalue weighted by molar-refractivity contribution is 7.12. The first-order valence-electron chi connectivity index (χ1n) is 7.95. The fraction of sp³-hybridized carbons (Fsp3) is 0.812. The molecule has 1 atom stereocenters. The van der Waals surface area contributed by atoms with Gasteiger partial charge in [-0.25, -0.2) is 4.98 Å². The molecule has 4 aliphatic carbocycles. The Hall–Kier alpha value is -0.410. The maximum absolute atomic E-state index is 5.09. The fourth-order valence-corrected chi connectivity index (χ4v) is 7.10. The van der Waals surface area contributed by atoms with Crippen LogP contribution in [0.5, 0.6) is 0 Å². The van der Waals surface area contributed by atoms with E-state index in [4.69, 9.17) is 4.98 Å². The van der Waals surface area contributed by atoms with Gasteiger partial charge >= 0.3 is 0 Å². The highest BCUT2D eigenvalue weighted by Crippen LogP contribution is 2.61. The molecule has 4 saturated carbocycles. The largest absolute Gasteiger partial charge is 0.304 e. The maximum Gasteiger partial charge on any atom is 0.0994 e. The average Bonchev–Trinajstić information content (AvgIpc) is 2.91. The Morgan fingerprint density at radius 2 is 1.74 bits per heavy atom. The molecule has 4 bridgehead atoms. The molecule has 1 N–H and O–H groups in total. The van der Waals surface area contributed by atoms with Gasteiger partial charge in [0.25, 0.3) is 0 Å². The van der Waals surface area contributed by atoms with Crippen LogP contribution in [0.25, 0.3) is 0 Å². The molecule has 2 nitrogen and oxygen atoms in total. The van der Waals surface area contributed by atoms with Crippen molar-refractivity contribution < 1.29 is 0 Å². The Labute approximate surface area is 119 Å². The molecule has 1 aromatic heterocycles. The van der Waals surface area contributed by atoms with E-state index in [2.05, 4.69) is 12.2 Å². The lowest BCUT2D eigenvalue weighted by atomic mass is 9.50. The first-order chi connectivity index (χ1) is 9.22. The number of fused-ring (bicyclic) bond motifs is 1. The highest BCUT2D eigenvalue weighted by atomic mass is 32.1. The van der Waals surface area contributed by atoms with Crippen LogP contribution in [0.4, 0.5) is 0 Å². The van der Waals surface area contributed by atoms with Gasteiger partial charge in [0.05, 0.1) is 10.7 Å². The van der Waals surface area contributed by atoms with Gasteiger partial charge in [-0.2, -0.15) is 0 Å². The molecule has 2 heterocycles. The molecule has 0 amide bonds. The molecule has 0 spiro atoms. The van der Waals surface area contributed by atoms with Crippen molar-refractivity contribution in [2.75, 3.05) is 0 Å². The summed E-state index contributed by atoms with van der Waals surface area (Å²) < 4.78 is 0. The normalized spacial score (nSPS) is 46.8. The third kappa shape index (κ3) is 1.49. The lowest BCUT2D eigenvalue weighted by Crippen LogP contribution is -2.48. The number of nitrogens with one attached hydrogen (secondary N) is 1. The SMILES string of the molecule is CC1NCc2nc(C34CC5CC(CC(C5)C3)C4)sc21. The van der Waals surface area contributed by atoms with Gasteiger partial charge in [-0.3, -0.25) is 0 Å². The number of rotatable bonds is 1. The maximum atomic E-state index is 5.09. The van der Waals surface area contributed by atoms with E-state index in [0.717, 1.165) is 24.3 Å². The summed E-state index contributed by atoms with van der Waals surface area (Å²) >= 11 is 2.04. The summed E-state index contributed by atoms with van der Waals surface area (Å²) in [5.41, 5.74) is 1.87. The van der Waals surface area contributed by atoms with Gasteiger partial charge in [0, 0.05) is 22.9 Å². The van der Waals surface area contributed by atoms with Crippen LogP contribution in [0, 0.1) is 17.8 Å². The Kier molecular flexibility index (Phi) is 2.15. The second-order valence-corrected chi connectivity index (χ2v) is 8.66.